The second kappa shape index (κ2) is 9.06. The Bertz CT molecular complexity index is 1790. The number of hydrogen-bond donors (Lipinski definition) is 1. The quantitative estimate of drug-likeness (QED) is 0.275. The number of aromatic nitrogens is 3. The number of nitrogens with one attached hydrogen (secondary N) is 1. The van der Waals surface area contributed by atoms with Crippen LogP contribution in [0.4, 0.5) is 11.4 Å². The van der Waals surface area contributed by atoms with Gasteiger partial charge in [0.1, 0.15) is 11.6 Å². The molecule has 1 aliphatic carbocycles. The molecule has 2 aromatic heterocycles. The smallest absolute Gasteiger partial charge is 0.280 e. The number of benzene rings is 2. The van der Waals surface area contributed by atoms with Crippen molar-refractivity contribution in [1.29, 1.82) is 0 Å². The van der Waals surface area contributed by atoms with Crippen LogP contribution in [-0.2, 0) is 10.3 Å². The molecule has 1 N–H and O–H groups in total. The molecule has 3 aliphatic rings. The molecule has 1 atom stereocenters. The van der Waals surface area contributed by atoms with Gasteiger partial charge in [0, 0.05) is 51.2 Å². The van der Waals surface area contributed by atoms with Crippen LogP contribution in [0.5, 0.6) is 5.75 Å². The van der Waals surface area contributed by atoms with E-state index in [9.17, 15) is 9.59 Å². The van der Waals surface area contributed by atoms with Gasteiger partial charge in [-0.25, -0.2) is 4.98 Å². The van der Waals surface area contributed by atoms with Crippen molar-refractivity contribution in [3.8, 4) is 17.1 Å². The number of nitrogens with zero attached hydrogens (tertiary/aromatic N) is 4. The number of ether oxygens (including phenoxy) is 1. The maximum atomic E-state index is 14.5. The first-order valence-electron chi connectivity index (χ1n) is 13.6. The highest BCUT2D eigenvalue weighted by molar-refractivity contribution is 6.32. The molecule has 41 heavy (non-hydrogen) atoms. The highest BCUT2D eigenvalue weighted by Gasteiger charge is 2.64. The van der Waals surface area contributed by atoms with Crippen molar-refractivity contribution in [3.63, 3.8) is 0 Å². The van der Waals surface area contributed by atoms with E-state index in [0.29, 0.717) is 55.7 Å². The Morgan fingerprint density at radius 2 is 1.80 bits per heavy atom. The zero-order valence-electron chi connectivity index (χ0n) is 23.0. The van der Waals surface area contributed by atoms with Gasteiger partial charge in [0.05, 0.1) is 24.1 Å². The van der Waals surface area contributed by atoms with Gasteiger partial charge in [0.25, 0.3) is 11.8 Å². The Hall–Kier alpha value is -3.88. The first kappa shape index (κ1) is 26.0. The predicted octanol–water partition coefficient (Wildman–Crippen LogP) is 6.88. The van der Waals surface area contributed by atoms with Crippen molar-refractivity contribution in [1.82, 2.24) is 14.5 Å². The largest absolute Gasteiger partial charge is 0.496 e. The van der Waals surface area contributed by atoms with Gasteiger partial charge < -0.3 is 14.6 Å². The molecule has 208 valence electrons. The van der Waals surface area contributed by atoms with E-state index in [4.69, 9.17) is 37.9 Å². The summed E-state index contributed by atoms with van der Waals surface area (Å²) in [7, 11) is 1.62. The van der Waals surface area contributed by atoms with Crippen LogP contribution in [0, 0.1) is 6.92 Å². The summed E-state index contributed by atoms with van der Waals surface area (Å²) >= 11 is 12.8. The summed E-state index contributed by atoms with van der Waals surface area (Å²) in [6.45, 7) is 5.90. The van der Waals surface area contributed by atoms with Crippen LogP contribution in [-0.4, -0.2) is 33.5 Å². The number of fused-ring (bicyclic) bond motifs is 4. The van der Waals surface area contributed by atoms with Crippen molar-refractivity contribution in [3.05, 3.63) is 86.9 Å². The average Bonchev–Trinajstić information content (AvgIpc) is 3.59. The van der Waals surface area contributed by atoms with Gasteiger partial charge in [-0.05, 0) is 63.4 Å². The third kappa shape index (κ3) is 3.60. The van der Waals surface area contributed by atoms with E-state index < -0.39 is 11.4 Å². The van der Waals surface area contributed by atoms with Crippen molar-refractivity contribution in [2.75, 3.05) is 17.3 Å². The summed E-state index contributed by atoms with van der Waals surface area (Å²) in [4.78, 5) is 40.1. The number of carbonyl (C=O) groups excluding carboxylic acids is 2. The number of rotatable bonds is 5. The maximum absolute atomic E-state index is 14.5. The number of carbonyl (C=O) groups is 2. The molecule has 7 rings (SSSR count). The number of methoxy groups -OCH3 is 1. The normalized spacial score (nSPS) is 19.2. The van der Waals surface area contributed by atoms with E-state index in [1.165, 1.54) is 4.90 Å². The number of pyridine rings is 1. The summed E-state index contributed by atoms with van der Waals surface area (Å²) in [5, 5.41) is 3.93. The maximum Gasteiger partial charge on any atom is 0.280 e. The summed E-state index contributed by atoms with van der Waals surface area (Å²) in [6.07, 6.45) is 3.98. The number of amides is 2. The molecular weight excluding hydrogens is 561 g/mol. The zero-order valence-corrected chi connectivity index (χ0v) is 24.5. The number of anilines is 2. The van der Waals surface area contributed by atoms with Gasteiger partial charge in [-0.2, -0.15) is 0 Å². The van der Waals surface area contributed by atoms with E-state index in [0.717, 1.165) is 24.1 Å². The topological polar surface area (TPSA) is 89.3 Å². The molecule has 2 aromatic carbocycles. The lowest BCUT2D eigenvalue weighted by atomic mass is 9.86. The van der Waals surface area contributed by atoms with Crippen molar-refractivity contribution < 1.29 is 14.3 Å². The summed E-state index contributed by atoms with van der Waals surface area (Å²) in [5.74, 6) is 0.813. The second-order valence-electron chi connectivity index (χ2n) is 11.1. The molecule has 10 heteroatoms. The highest BCUT2D eigenvalue weighted by Crippen LogP contribution is 2.55. The molecule has 1 spiro atoms. The Labute approximate surface area is 247 Å². The standard InChI is InChI=1S/C31H27Cl2N5O3/c1-15(2)37-27-26(36-28(37)20-14-34-22(17-6-7-17)13-25(20)41-4)29(39)38(24-12-19(33)8-5-16(24)3)31(27)21-10-9-18(32)11-23(21)35-30(31)40/h5,8-15,17H,6-7H2,1-4H3,(H,35,40)/t31-/m0/s1. The molecule has 2 amide bonds. The van der Waals surface area contributed by atoms with Crippen LogP contribution in [0.3, 0.4) is 0 Å². The monoisotopic (exact) mass is 587 g/mol. The molecule has 1 fully saturated rings. The zero-order chi connectivity index (χ0) is 28.8. The highest BCUT2D eigenvalue weighted by atomic mass is 35.5. The lowest BCUT2D eigenvalue weighted by Crippen LogP contribution is -2.51. The van der Waals surface area contributed by atoms with E-state index in [1.54, 1.807) is 43.6 Å². The van der Waals surface area contributed by atoms with Gasteiger partial charge in [0.15, 0.2) is 11.2 Å². The van der Waals surface area contributed by atoms with Gasteiger partial charge in [-0.3, -0.25) is 19.5 Å². The first-order valence-corrected chi connectivity index (χ1v) is 14.3. The molecule has 2 aliphatic heterocycles. The second-order valence-corrected chi connectivity index (χ2v) is 12.0. The third-order valence-electron chi connectivity index (χ3n) is 8.22. The lowest BCUT2D eigenvalue weighted by molar-refractivity contribution is -0.119. The molecule has 4 aromatic rings. The third-order valence-corrected chi connectivity index (χ3v) is 8.69. The Morgan fingerprint density at radius 1 is 1.07 bits per heavy atom. The molecule has 0 saturated heterocycles. The van der Waals surface area contributed by atoms with E-state index in [1.807, 2.05) is 37.5 Å². The first-order chi connectivity index (χ1) is 19.7. The van der Waals surface area contributed by atoms with Gasteiger partial charge in [-0.15, -0.1) is 0 Å². The molecular formula is C31H27Cl2N5O3. The van der Waals surface area contributed by atoms with Crippen molar-refractivity contribution in [2.24, 2.45) is 0 Å². The molecule has 1 saturated carbocycles. The fourth-order valence-corrected chi connectivity index (χ4v) is 6.56. The Kier molecular flexibility index (Phi) is 5.76. The van der Waals surface area contributed by atoms with Gasteiger partial charge >= 0.3 is 0 Å². The molecule has 8 nitrogen and oxygen atoms in total. The van der Waals surface area contributed by atoms with E-state index in [2.05, 4.69) is 5.32 Å². The fourth-order valence-electron chi connectivity index (χ4n) is 6.22. The van der Waals surface area contributed by atoms with Crippen LogP contribution < -0.4 is 15.0 Å². The van der Waals surface area contributed by atoms with E-state index in [-0.39, 0.29) is 17.6 Å². The number of imidazole rings is 1. The van der Waals surface area contributed by atoms with Crippen LogP contribution in [0.25, 0.3) is 11.4 Å². The molecule has 0 bridgehead atoms. The summed E-state index contributed by atoms with van der Waals surface area (Å²) < 4.78 is 7.78. The summed E-state index contributed by atoms with van der Waals surface area (Å²) in [6, 6.07) is 12.3. The van der Waals surface area contributed by atoms with Crippen LogP contribution >= 0.6 is 23.2 Å². The van der Waals surface area contributed by atoms with Crippen LogP contribution in [0.1, 0.15) is 71.7 Å². The van der Waals surface area contributed by atoms with Crippen LogP contribution in [0.2, 0.25) is 10.0 Å². The fraction of sp³-hybridized carbons (Fsp3) is 0.290. The molecule has 4 heterocycles. The van der Waals surface area contributed by atoms with Crippen molar-refractivity contribution >= 4 is 46.4 Å². The van der Waals surface area contributed by atoms with E-state index >= 15 is 0 Å². The lowest BCUT2D eigenvalue weighted by Gasteiger charge is -2.36. The van der Waals surface area contributed by atoms with Crippen molar-refractivity contribution in [2.45, 2.75) is 51.1 Å². The minimum Gasteiger partial charge on any atom is -0.496 e. The Balaban J connectivity index is 1.55. The number of halogens is 2. The van der Waals surface area contributed by atoms with Gasteiger partial charge in [-0.1, -0.05) is 35.3 Å². The summed E-state index contributed by atoms with van der Waals surface area (Å²) in [5.41, 5.74) is 3.24. The number of hydrogen-bond acceptors (Lipinski definition) is 5. The van der Waals surface area contributed by atoms with Crippen LogP contribution in [0.15, 0.2) is 48.7 Å². The SMILES string of the molecule is COc1cc(C2CC2)ncc1-c1nc2c(n1C(C)C)[C@@]1(C(=O)Nc3cc(Cl)ccc31)N(c1cc(Cl)ccc1C)C2=O. The number of aryl methyl sites for hydroxylation is 1. The molecule has 0 unspecified atom stereocenters. The Morgan fingerprint density at radius 3 is 2.51 bits per heavy atom. The minimum absolute atomic E-state index is 0.178. The minimum atomic E-state index is -1.55. The average molecular weight is 588 g/mol. The molecule has 0 radical (unpaired) electrons. The predicted molar refractivity (Wildman–Crippen MR) is 158 cm³/mol. The van der Waals surface area contributed by atoms with Gasteiger partial charge in [0.2, 0.25) is 0 Å².